The molecule has 0 aromatic heterocycles. The van der Waals surface area contributed by atoms with Gasteiger partial charge >= 0.3 is 18.0 Å². The van der Waals surface area contributed by atoms with Gasteiger partial charge in [-0.3, -0.25) is 19.2 Å². The summed E-state index contributed by atoms with van der Waals surface area (Å²) in [7, 11) is 0. The highest BCUT2D eigenvalue weighted by atomic mass is 19.3. The molecule has 0 aliphatic carbocycles. The molecule has 3 amide bonds. The Morgan fingerprint density at radius 2 is 1.36 bits per heavy atom. The minimum absolute atomic E-state index is 0.00611. The standard InChI is InChI=1S/C22H35F2N3O9/c1-11(2)9-14(19(32)25-13(10-15(23)24)17(30)20(33)34)26-18(31)12(7-6-8-16(28)29)27-21(35)36-22(3,4)5/h11-15H,6-10H2,1-5H3,(H,25,32)(H,26,31)(H,27,35)(H,28,29)(H,33,34)/t12?,13-,14-/m0/s1. The zero-order chi connectivity index (χ0) is 28.2. The first-order valence-electron chi connectivity index (χ1n) is 11.3. The van der Waals surface area contributed by atoms with Crippen LogP contribution in [0.5, 0.6) is 0 Å². The van der Waals surface area contributed by atoms with Gasteiger partial charge in [-0.15, -0.1) is 0 Å². The summed E-state index contributed by atoms with van der Waals surface area (Å²) in [6.45, 7) is 8.14. The normalized spacial score (nSPS) is 13.9. The fraction of sp³-hybridized carbons (Fsp3) is 0.727. The molecule has 3 atom stereocenters. The van der Waals surface area contributed by atoms with E-state index in [1.165, 1.54) is 0 Å². The van der Waals surface area contributed by atoms with Gasteiger partial charge in [-0.05, 0) is 46.0 Å². The van der Waals surface area contributed by atoms with Crippen LogP contribution in [0.4, 0.5) is 13.6 Å². The van der Waals surface area contributed by atoms with E-state index < -0.39 is 72.2 Å². The third kappa shape index (κ3) is 14.2. The lowest BCUT2D eigenvalue weighted by atomic mass is 10.0. The number of carboxylic acid groups (broad SMARTS) is 2. The number of Topliss-reactive ketones (excluding diaryl/α,β-unsaturated/α-hetero) is 1. The van der Waals surface area contributed by atoms with E-state index in [1.807, 2.05) is 5.32 Å². The lowest BCUT2D eigenvalue weighted by Gasteiger charge is -2.26. The zero-order valence-electron chi connectivity index (χ0n) is 20.9. The monoisotopic (exact) mass is 523 g/mol. The molecule has 0 spiro atoms. The summed E-state index contributed by atoms with van der Waals surface area (Å²) in [5.41, 5.74) is -0.900. The molecule has 0 aromatic rings. The lowest BCUT2D eigenvalue weighted by molar-refractivity contribution is -0.151. The molecular weight excluding hydrogens is 488 g/mol. The van der Waals surface area contributed by atoms with Crippen molar-refractivity contribution in [1.29, 1.82) is 0 Å². The lowest BCUT2D eigenvalue weighted by Crippen LogP contribution is -2.57. The highest BCUT2D eigenvalue weighted by Gasteiger charge is 2.34. The summed E-state index contributed by atoms with van der Waals surface area (Å²) in [5, 5.41) is 24.4. The Hall–Kier alpha value is -3.32. The Labute approximate surface area is 207 Å². The molecule has 14 heteroatoms. The number of carbonyl (C=O) groups is 6. The Balaban J connectivity index is 5.70. The minimum atomic E-state index is -3.09. The molecule has 206 valence electrons. The van der Waals surface area contributed by atoms with Crippen molar-refractivity contribution in [3.05, 3.63) is 0 Å². The first-order chi connectivity index (χ1) is 16.4. The van der Waals surface area contributed by atoms with Crippen molar-refractivity contribution in [2.75, 3.05) is 0 Å². The maximum Gasteiger partial charge on any atom is 0.408 e. The molecule has 0 aliphatic rings. The highest BCUT2D eigenvalue weighted by molar-refractivity contribution is 6.35. The predicted molar refractivity (Wildman–Crippen MR) is 121 cm³/mol. The van der Waals surface area contributed by atoms with Gasteiger partial charge in [-0.25, -0.2) is 18.4 Å². The predicted octanol–water partition coefficient (Wildman–Crippen LogP) is 1.46. The first-order valence-corrected chi connectivity index (χ1v) is 11.3. The van der Waals surface area contributed by atoms with Crippen LogP contribution >= 0.6 is 0 Å². The van der Waals surface area contributed by atoms with Crippen LogP contribution in [0.1, 0.15) is 66.7 Å². The van der Waals surface area contributed by atoms with Crippen LogP contribution < -0.4 is 16.0 Å². The zero-order valence-corrected chi connectivity index (χ0v) is 20.9. The molecule has 0 saturated heterocycles. The van der Waals surface area contributed by atoms with Crippen LogP contribution in [0.25, 0.3) is 0 Å². The number of amides is 3. The molecule has 36 heavy (non-hydrogen) atoms. The number of hydrogen-bond donors (Lipinski definition) is 5. The van der Waals surface area contributed by atoms with Gasteiger partial charge in [0, 0.05) is 12.8 Å². The average molecular weight is 524 g/mol. The smallest absolute Gasteiger partial charge is 0.408 e. The van der Waals surface area contributed by atoms with Gasteiger partial charge in [0.15, 0.2) is 0 Å². The number of carboxylic acids is 2. The maximum atomic E-state index is 12.9. The fourth-order valence-electron chi connectivity index (χ4n) is 2.98. The van der Waals surface area contributed by atoms with Gasteiger partial charge in [-0.1, -0.05) is 13.8 Å². The number of hydrogen-bond acceptors (Lipinski definition) is 7. The van der Waals surface area contributed by atoms with Gasteiger partial charge < -0.3 is 30.9 Å². The van der Waals surface area contributed by atoms with E-state index in [9.17, 15) is 37.5 Å². The molecule has 12 nitrogen and oxygen atoms in total. The van der Waals surface area contributed by atoms with Crippen molar-refractivity contribution in [3.8, 4) is 0 Å². The molecule has 0 radical (unpaired) electrons. The van der Waals surface area contributed by atoms with E-state index in [2.05, 4.69) is 10.6 Å². The Bertz CT molecular complexity index is 813. The molecule has 0 aliphatic heterocycles. The van der Waals surface area contributed by atoms with Crippen LogP contribution in [0.15, 0.2) is 0 Å². The quantitative estimate of drug-likeness (QED) is 0.198. The van der Waals surface area contributed by atoms with Gasteiger partial charge in [0.05, 0.1) is 0 Å². The fourth-order valence-corrected chi connectivity index (χ4v) is 2.98. The third-order valence-corrected chi connectivity index (χ3v) is 4.49. The van der Waals surface area contributed by atoms with Crippen molar-refractivity contribution < 1.29 is 52.5 Å². The molecule has 0 saturated carbocycles. The number of alkyl carbamates (subject to hydrolysis) is 1. The van der Waals surface area contributed by atoms with Crippen LogP contribution in [-0.4, -0.2) is 76.0 Å². The van der Waals surface area contributed by atoms with Gasteiger partial charge in [-0.2, -0.15) is 0 Å². The summed E-state index contributed by atoms with van der Waals surface area (Å²) in [6, 6.07) is -4.70. The molecular formula is C22H35F2N3O9. The highest BCUT2D eigenvalue weighted by Crippen LogP contribution is 2.12. The van der Waals surface area contributed by atoms with Gasteiger partial charge in [0.2, 0.25) is 18.2 Å². The van der Waals surface area contributed by atoms with E-state index in [1.54, 1.807) is 34.6 Å². The second-order valence-electron chi connectivity index (χ2n) is 9.53. The molecule has 0 bridgehead atoms. The molecule has 5 N–H and O–H groups in total. The molecule has 0 rings (SSSR count). The number of rotatable bonds is 15. The van der Waals surface area contributed by atoms with Crippen LogP contribution in [-0.2, 0) is 28.7 Å². The Morgan fingerprint density at radius 1 is 0.833 bits per heavy atom. The van der Waals surface area contributed by atoms with Crippen molar-refractivity contribution in [1.82, 2.24) is 16.0 Å². The van der Waals surface area contributed by atoms with E-state index >= 15 is 0 Å². The number of ketones is 1. The topological polar surface area (TPSA) is 188 Å². The first kappa shape index (κ1) is 32.7. The summed E-state index contributed by atoms with van der Waals surface area (Å²) in [5.74, 6) is -6.95. The number of aliphatic carboxylic acids is 2. The van der Waals surface area contributed by atoms with Crippen LogP contribution in [0, 0.1) is 5.92 Å². The van der Waals surface area contributed by atoms with Crippen LogP contribution in [0.2, 0.25) is 0 Å². The Kier molecular flexibility index (Phi) is 13.6. The number of alkyl halides is 2. The molecule has 1 unspecified atom stereocenters. The van der Waals surface area contributed by atoms with Gasteiger partial charge in [0.1, 0.15) is 23.7 Å². The number of nitrogens with one attached hydrogen (secondary N) is 3. The molecule has 0 fully saturated rings. The van der Waals surface area contributed by atoms with E-state index in [4.69, 9.17) is 14.9 Å². The van der Waals surface area contributed by atoms with Crippen molar-refractivity contribution in [2.24, 2.45) is 5.92 Å². The van der Waals surface area contributed by atoms with E-state index in [-0.39, 0.29) is 31.6 Å². The molecule has 0 aromatic carbocycles. The third-order valence-electron chi connectivity index (χ3n) is 4.49. The summed E-state index contributed by atoms with van der Waals surface area (Å²) < 4.78 is 30.8. The number of ether oxygens (including phenoxy) is 1. The SMILES string of the molecule is CC(C)C[C@H](NC(=O)C(CCCC(=O)O)NC(=O)OC(C)(C)C)C(=O)N[C@@H](CC(F)F)C(=O)C(=O)O. The minimum Gasteiger partial charge on any atom is -0.481 e. The van der Waals surface area contributed by atoms with Crippen molar-refractivity contribution in [2.45, 2.75) is 96.9 Å². The van der Waals surface area contributed by atoms with Crippen molar-refractivity contribution >= 4 is 35.6 Å². The molecule has 0 heterocycles. The van der Waals surface area contributed by atoms with E-state index in [0.717, 1.165) is 0 Å². The largest absolute Gasteiger partial charge is 0.481 e. The van der Waals surface area contributed by atoms with E-state index in [0.29, 0.717) is 0 Å². The summed E-state index contributed by atoms with van der Waals surface area (Å²) >= 11 is 0. The number of carbonyl (C=O) groups excluding carboxylic acids is 4. The van der Waals surface area contributed by atoms with Crippen molar-refractivity contribution in [3.63, 3.8) is 0 Å². The summed E-state index contributed by atoms with van der Waals surface area (Å²) in [6.07, 6.45) is -5.75. The summed E-state index contributed by atoms with van der Waals surface area (Å²) in [4.78, 5) is 71.4. The average Bonchev–Trinajstić information content (AvgIpc) is 2.68. The second-order valence-corrected chi connectivity index (χ2v) is 9.53. The van der Waals surface area contributed by atoms with Gasteiger partial charge in [0.25, 0.3) is 5.78 Å². The maximum absolute atomic E-state index is 12.9. The number of halogens is 2. The Morgan fingerprint density at radius 3 is 1.81 bits per heavy atom. The van der Waals surface area contributed by atoms with Crippen LogP contribution in [0.3, 0.4) is 0 Å². The second kappa shape index (κ2) is 14.9.